The first-order valence-corrected chi connectivity index (χ1v) is 6.01. The molecule has 0 heterocycles. The zero-order chi connectivity index (χ0) is 12.3. The minimum Gasteiger partial charge on any atom is -0.355 e. The van der Waals surface area contributed by atoms with E-state index in [0.717, 1.165) is 15.8 Å². The lowest BCUT2D eigenvalue weighted by molar-refractivity contribution is 1.44. The topological polar surface area (TPSA) is 35.8 Å². The van der Waals surface area contributed by atoms with Gasteiger partial charge in [0.25, 0.3) is 0 Å². The highest BCUT2D eigenvalue weighted by atomic mass is 79.9. The molecule has 0 aromatic heterocycles. The molecule has 0 bridgehead atoms. The summed E-state index contributed by atoms with van der Waals surface area (Å²) in [4.78, 5) is 0. The predicted molar refractivity (Wildman–Crippen MR) is 73.3 cm³/mol. The van der Waals surface area contributed by atoms with Gasteiger partial charge >= 0.3 is 0 Å². The maximum Gasteiger partial charge on any atom is 0.0992 e. The summed E-state index contributed by atoms with van der Waals surface area (Å²) in [7, 11) is 0. The molecule has 2 nitrogen and oxygen atoms in total. The van der Waals surface area contributed by atoms with Crippen molar-refractivity contribution in [2.75, 3.05) is 5.32 Å². The van der Waals surface area contributed by atoms with E-state index < -0.39 is 0 Å². The third-order valence-corrected chi connectivity index (χ3v) is 3.08. The lowest BCUT2D eigenvalue weighted by atomic mass is 10.2. The molecule has 0 aliphatic heterocycles. The van der Waals surface area contributed by atoms with Gasteiger partial charge in [-0.1, -0.05) is 17.7 Å². The third-order valence-electron chi connectivity index (χ3n) is 2.43. The zero-order valence-corrected chi connectivity index (χ0v) is 11.0. The van der Waals surface area contributed by atoms with Crippen molar-refractivity contribution in [3.63, 3.8) is 0 Å². The smallest absolute Gasteiger partial charge is 0.0992 e. The Bertz CT molecular complexity index is 568. The number of hydrogen-bond donors (Lipinski definition) is 1. The molecule has 84 valence electrons. The van der Waals surface area contributed by atoms with Gasteiger partial charge < -0.3 is 5.32 Å². The van der Waals surface area contributed by atoms with Gasteiger partial charge in [0.2, 0.25) is 0 Å². The first-order chi connectivity index (χ1) is 8.19. The van der Waals surface area contributed by atoms with Gasteiger partial charge in [0.05, 0.1) is 17.3 Å². The highest BCUT2D eigenvalue weighted by Crippen LogP contribution is 2.26. The average Bonchev–Trinajstić information content (AvgIpc) is 2.34. The summed E-state index contributed by atoms with van der Waals surface area (Å²) in [6.07, 6.45) is 0. The number of nitriles is 1. The van der Waals surface area contributed by atoms with Crippen molar-refractivity contribution in [1.82, 2.24) is 0 Å². The molecule has 0 aliphatic rings. The van der Waals surface area contributed by atoms with Crippen LogP contribution < -0.4 is 5.32 Å². The number of hydrogen-bond acceptors (Lipinski definition) is 2. The molecular weight excluding hydrogens is 276 g/mol. The minimum absolute atomic E-state index is 0.645. The van der Waals surface area contributed by atoms with E-state index in [0.29, 0.717) is 5.56 Å². The number of nitrogens with one attached hydrogen (secondary N) is 1. The van der Waals surface area contributed by atoms with E-state index in [1.54, 1.807) is 12.1 Å². The Balaban J connectivity index is 2.25. The Morgan fingerprint density at radius 2 is 1.82 bits per heavy atom. The summed E-state index contributed by atoms with van der Waals surface area (Å²) in [5.41, 5.74) is 3.86. The van der Waals surface area contributed by atoms with Gasteiger partial charge in [0.15, 0.2) is 0 Å². The molecule has 0 atom stereocenters. The average molecular weight is 287 g/mol. The first kappa shape index (κ1) is 11.7. The number of aryl methyl sites for hydroxylation is 1. The van der Waals surface area contributed by atoms with Crippen LogP contribution in [0.1, 0.15) is 11.1 Å². The number of benzene rings is 2. The molecule has 2 aromatic rings. The molecule has 0 saturated heterocycles. The van der Waals surface area contributed by atoms with Gasteiger partial charge in [-0.05, 0) is 53.2 Å². The van der Waals surface area contributed by atoms with Gasteiger partial charge in [-0.25, -0.2) is 0 Å². The molecule has 0 aliphatic carbocycles. The summed E-state index contributed by atoms with van der Waals surface area (Å²) in [5.74, 6) is 0. The Hall–Kier alpha value is -1.79. The maximum atomic E-state index is 8.78. The monoisotopic (exact) mass is 286 g/mol. The van der Waals surface area contributed by atoms with Crippen molar-refractivity contribution in [2.24, 2.45) is 0 Å². The van der Waals surface area contributed by atoms with E-state index in [9.17, 15) is 0 Å². The van der Waals surface area contributed by atoms with Crippen LogP contribution in [0.2, 0.25) is 0 Å². The lowest BCUT2D eigenvalue weighted by Crippen LogP contribution is -1.91. The van der Waals surface area contributed by atoms with Crippen LogP contribution in [-0.2, 0) is 0 Å². The summed E-state index contributed by atoms with van der Waals surface area (Å²) in [6.45, 7) is 2.06. The van der Waals surface area contributed by atoms with Crippen LogP contribution in [0, 0.1) is 18.3 Å². The molecule has 0 amide bonds. The third kappa shape index (κ3) is 2.86. The molecule has 0 unspecified atom stereocenters. The van der Waals surface area contributed by atoms with Crippen molar-refractivity contribution in [2.45, 2.75) is 6.92 Å². The molecule has 0 radical (unpaired) electrons. The summed E-state index contributed by atoms with van der Waals surface area (Å²) in [5, 5.41) is 12.1. The van der Waals surface area contributed by atoms with Crippen molar-refractivity contribution in [1.29, 1.82) is 5.26 Å². The lowest BCUT2D eigenvalue weighted by Gasteiger charge is -2.08. The number of rotatable bonds is 2. The second kappa shape index (κ2) is 5.03. The van der Waals surface area contributed by atoms with E-state index in [4.69, 9.17) is 5.26 Å². The second-order valence-corrected chi connectivity index (χ2v) is 4.65. The van der Waals surface area contributed by atoms with Crippen LogP contribution in [0.15, 0.2) is 46.9 Å². The number of halogens is 1. The van der Waals surface area contributed by atoms with Crippen molar-refractivity contribution >= 4 is 27.3 Å². The molecule has 3 heteroatoms. The highest BCUT2D eigenvalue weighted by Gasteiger charge is 2.01. The molecule has 2 rings (SSSR count). The van der Waals surface area contributed by atoms with E-state index in [1.165, 1.54) is 5.56 Å². The van der Waals surface area contributed by atoms with Gasteiger partial charge in [-0.15, -0.1) is 0 Å². The predicted octanol–water partition coefficient (Wildman–Crippen LogP) is 4.37. The van der Waals surface area contributed by atoms with Crippen LogP contribution in [0.25, 0.3) is 0 Å². The Labute approximate surface area is 109 Å². The van der Waals surface area contributed by atoms with Gasteiger partial charge in [-0.3, -0.25) is 0 Å². The fraction of sp³-hybridized carbons (Fsp3) is 0.0714. The number of anilines is 2. The largest absolute Gasteiger partial charge is 0.355 e. The van der Waals surface area contributed by atoms with Crippen LogP contribution in [0.4, 0.5) is 11.4 Å². The molecule has 17 heavy (non-hydrogen) atoms. The van der Waals surface area contributed by atoms with Crippen LogP contribution in [0.3, 0.4) is 0 Å². The summed E-state index contributed by atoms with van der Waals surface area (Å²) >= 11 is 3.45. The molecular formula is C14H11BrN2. The quantitative estimate of drug-likeness (QED) is 0.890. The van der Waals surface area contributed by atoms with Gasteiger partial charge in [0.1, 0.15) is 0 Å². The van der Waals surface area contributed by atoms with Gasteiger partial charge in [-0.2, -0.15) is 5.26 Å². The highest BCUT2D eigenvalue weighted by molar-refractivity contribution is 9.10. The minimum atomic E-state index is 0.645. The SMILES string of the molecule is Cc1ccc(Nc2ccc(C#N)cc2Br)cc1. The van der Waals surface area contributed by atoms with Crippen molar-refractivity contribution < 1.29 is 0 Å². The molecule has 0 saturated carbocycles. The molecule has 2 aromatic carbocycles. The van der Waals surface area contributed by atoms with E-state index >= 15 is 0 Å². The number of nitrogens with zero attached hydrogens (tertiary/aromatic N) is 1. The fourth-order valence-corrected chi connectivity index (χ4v) is 1.96. The standard InChI is InChI=1S/C14H11BrN2/c1-10-2-5-12(6-3-10)17-14-7-4-11(9-16)8-13(14)15/h2-8,17H,1H3. The normalized spacial score (nSPS) is 9.71. The maximum absolute atomic E-state index is 8.78. The second-order valence-electron chi connectivity index (χ2n) is 3.80. The first-order valence-electron chi connectivity index (χ1n) is 5.22. The summed E-state index contributed by atoms with van der Waals surface area (Å²) in [6, 6.07) is 15.8. The zero-order valence-electron chi connectivity index (χ0n) is 9.37. The molecule has 1 N–H and O–H groups in total. The van der Waals surface area contributed by atoms with Gasteiger partial charge in [0, 0.05) is 10.2 Å². The molecule has 0 fully saturated rings. The molecule has 0 spiro atoms. The van der Waals surface area contributed by atoms with E-state index in [-0.39, 0.29) is 0 Å². The van der Waals surface area contributed by atoms with Crippen molar-refractivity contribution in [3.8, 4) is 6.07 Å². The van der Waals surface area contributed by atoms with Crippen molar-refractivity contribution in [3.05, 3.63) is 58.1 Å². The van der Waals surface area contributed by atoms with Crippen LogP contribution in [-0.4, -0.2) is 0 Å². The fourth-order valence-electron chi connectivity index (χ4n) is 1.48. The Kier molecular flexibility index (Phi) is 3.46. The summed E-state index contributed by atoms with van der Waals surface area (Å²) < 4.78 is 0.886. The van der Waals surface area contributed by atoms with E-state index in [1.807, 2.05) is 18.2 Å². The van der Waals surface area contributed by atoms with E-state index in [2.05, 4.69) is 46.4 Å². The van der Waals surface area contributed by atoms with Crippen LogP contribution >= 0.6 is 15.9 Å². The van der Waals surface area contributed by atoms with Crippen LogP contribution in [0.5, 0.6) is 0 Å². The Morgan fingerprint density at radius 3 is 2.41 bits per heavy atom. The Morgan fingerprint density at radius 1 is 1.12 bits per heavy atom.